The molecule has 1 saturated carbocycles. The van der Waals surface area contributed by atoms with Crippen molar-refractivity contribution in [2.24, 2.45) is 0 Å². The van der Waals surface area contributed by atoms with Gasteiger partial charge in [-0.1, -0.05) is 0 Å². The average Bonchev–Trinajstić information content (AvgIpc) is 3.51. The first-order valence-corrected chi connectivity index (χ1v) is 12.2. The molecule has 0 bridgehead atoms. The van der Waals surface area contributed by atoms with Gasteiger partial charge < -0.3 is 29.8 Å². The van der Waals surface area contributed by atoms with Crippen molar-refractivity contribution in [3.8, 4) is 22.6 Å². The second-order valence-corrected chi connectivity index (χ2v) is 9.32. The highest BCUT2D eigenvalue weighted by Crippen LogP contribution is 2.37. The lowest BCUT2D eigenvalue weighted by Crippen LogP contribution is -2.51. The molecule has 3 N–H and O–H groups in total. The van der Waals surface area contributed by atoms with E-state index in [4.69, 9.17) is 19.4 Å². The number of rotatable bonds is 6. The van der Waals surface area contributed by atoms with E-state index in [9.17, 15) is 9.90 Å². The Bertz CT molecular complexity index is 1380. The fraction of sp³-hybridized carbons (Fsp3) is 0.440. The monoisotopic (exact) mass is 491 g/mol. The molecule has 0 unspecified atom stereocenters. The van der Waals surface area contributed by atoms with Gasteiger partial charge >= 0.3 is 0 Å². The predicted octanol–water partition coefficient (Wildman–Crippen LogP) is 1.97. The van der Waals surface area contributed by atoms with Gasteiger partial charge in [0.15, 0.2) is 5.65 Å². The highest BCUT2D eigenvalue weighted by Gasteiger charge is 2.33. The summed E-state index contributed by atoms with van der Waals surface area (Å²) in [6, 6.07) is 5.72. The number of amides is 1. The molecule has 1 aliphatic carbocycles. The zero-order valence-corrected chi connectivity index (χ0v) is 20.2. The van der Waals surface area contributed by atoms with Crippen LogP contribution in [0.1, 0.15) is 35.7 Å². The SMILES string of the molecule is CNc1cc(-c2cnc3n([C@@H]4CCOC[C@H]4O)cccc2-3)nc2c(C(=O)N[C@H]3CC[C@@H]3OC)cnn12. The number of anilines is 1. The minimum Gasteiger partial charge on any atom is -0.389 e. The fourth-order valence-corrected chi connectivity index (χ4v) is 5.17. The number of nitrogens with one attached hydrogen (secondary N) is 2. The average molecular weight is 492 g/mol. The molecule has 36 heavy (non-hydrogen) atoms. The Morgan fingerprint density at radius 1 is 1.25 bits per heavy atom. The molecule has 188 valence electrons. The molecule has 1 amide bonds. The maximum absolute atomic E-state index is 13.1. The topological polar surface area (TPSA) is 128 Å². The number of nitrogens with zero attached hydrogens (tertiary/aromatic N) is 5. The summed E-state index contributed by atoms with van der Waals surface area (Å²) in [5.41, 5.74) is 3.29. The van der Waals surface area contributed by atoms with Gasteiger partial charge in [0.05, 0.1) is 42.8 Å². The third-order valence-corrected chi connectivity index (χ3v) is 7.33. The molecular weight excluding hydrogens is 462 g/mol. The van der Waals surface area contributed by atoms with E-state index in [1.807, 2.05) is 29.0 Å². The quantitative estimate of drug-likeness (QED) is 0.374. The Hall–Kier alpha value is -3.54. The minimum absolute atomic E-state index is 0.0106. The van der Waals surface area contributed by atoms with Crippen LogP contribution in [0.25, 0.3) is 28.3 Å². The number of ether oxygens (including phenoxy) is 2. The van der Waals surface area contributed by atoms with Gasteiger partial charge in [0, 0.05) is 50.4 Å². The van der Waals surface area contributed by atoms with Crippen LogP contribution in [0.5, 0.6) is 0 Å². The molecule has 0 radical (unpaired) electrons. The number of aromatic nitrogens is 5. The molecule has 5 heterocycles. The molecule has 2 aromatic rings. The van der Waals surface area contributed by atoms with Crippen molar-refractivity contribution in [1.82, 2.24) is 29.5 Å². The van der Waals surface area contributed by atoms with Crippen LogP contribution in [-0.2, 0) is 9.47 Å². The third-order valence-electron chi connectivity index (χ3n) is 7.33. The molecule has 11 heteroatoms. The molecule has 2 aromatic heterocycles. The summed E-state index contributed by atoms with van der Waals surface area (Å²) in [6.07, 6.45) is 7.25. The summed E-state index contributed by atoms with van der Waals surface area (Å²) in [7, 11) is 3.47. The maximum Gasteiger partial charge on any atom is 0.257 e. The Morgan fingerprint density at radius 2 is 2.14 bits per heavy atom. The smallest absolute Gasteiger partial charge is 0.257 e. The molecule has 0 aromatic carbocycles. The summed E-state index contributed by atoms with van der Waals surface area (Å²) in [5.74, 6) is 1.25. The summed E-state index contributed by atoms with van der Waals surface area (Å²) >= 11 is 0. The standard InChI is InChI=1S/C25H29N7O4/c1-26-22-10-18(29-24-16(12-28-32(22)24)25(34)30-17-5-6-21(17)35-2)15-11-27-23-14(15)4-3-8-31(23)19-7-9-36-13-20(19)33/h3-4,8,10-12,17,19-21,26,33H,5-7,9,13H2,1-2H3,(H,30,34)/t17-,19+,20+,21-/m0/s1. The van der Waals surface area contributed by atoms with Crippen LogP contribution in [0.4, 0.5) is 5.82 Å². The van der Waals surface area contributed by atoms with E-state index in [2.05, 4.69) is 15.7 Å². The zero-order chi connectivity index (χ0) is 24.8. The van der Waals surface area contributed by atoms with Gasteiger partial charge in [0.1, 0.15) is 17.2 Å². The number of hydrogen-bond acceptors (Lipinski definition) is 8. The Labute approximate surface area is 207 Å². The van der Waals surface area contributed by atoms with Crippen LogP contribution in [0.2, 0.25) is 0 Å². The van der Waals surface area contributed by atoms with Crippen LogP contribution >= 0.6 is 0 Å². The van der Waals surface area contributed by atoms with Crippen LogP contribution in [0, 0.1) is 0 Å². The van der Waals surface area contributed by atoms with Gasteiger partial charge in [0.2, 0.25) is 0 Å². The molecule has 6 rings (SSSR count). The number of pyridine rings is 1. The largest absolute Gasteiger partial charge is 0.389 e. The van der Waals surface area contributed by atoms with E-state index in [1.54, 1.807) is 31.1 Å². The van der Waals surface area contributed by atoms with Crippen molar-refractivity contribution >= 4 is 17.4 Å². The van der Waals surface area contributed by atoms with Crippen molar-refractivity contribution < 1.29 is 19.4 Å². The summed E-state index contributed by atoms with van der Waals surface area (Å²) in [6.45, 7) is 0.907. The van der Waals surface area contributed by atoms with Gasteiger partial charge in [-0.3, -0.25) is 4.79 Å². The molecular formula is C25H29N7O4. The van der Waals surface area contributed by atoms with Crippen molar-refractivity contribution in [2.45, 2.75) is 43.6 Å². The number of carbonyl (C=O) groups is 1. The van der Waals surface area contributed by atoms with Crippen molar-refractivity contribution in [3.63, 3.8) is 0 Å². The normalized spacial score (nSPS) is 24.1. The maximum atomic E-state index is 13.1. The van der Waals surface area contributed by atoms with Crippen LogP contribution in [-0.4, -0.2) is 80.8 Å². The number of fused-ring (bicyclic) bond motifs is 2. The molecule has 11 nitrogen and oxygen atoms in total. The fourth-order valence-electron chi connectivity index (χ4n) is 5.17. The van der Waals surface area contributed by atoms with Gasteiger partial charge in [0.25, 0.3) is 5.91 Å². The van der Waals surface area contributed by atoms with E-state index < -0.39 is 6.10 Å². The van der Waals surface area contributed by atoms with Gasteiger partial charge in [-0.05, 0) is 31.4 Å². The number of aliphatic hydroxyl groups is 1. The Kier molecular flexibility index (Phi) is 5.82. The molecule has 0 spiro atoms. The van der Waals surface area contributed by atoms with E-state index in [1.165, 1.54) is 0 Å². The lowest BCUT2D eigenvalue weighted by atomic mass is 9.89. The van der Waals surface area contributed by atoms with Crippen molar-refractivity contribution in [1.29, 1.82) is 0 Å². The zero-order valence-electron chi connectivity index (χ0n) is 20.2. The van der Waals surface area contributed by atoms with Crippen LogP contribution in [0.3, 0.4) is 0 Å². The molecule has 2 fully saturated rings. The van der Waals surface area contributed by atoms with Crippen LogP contribution in [0.15, 0.2) is 36.8 Å². The number of carbonyl (C=O) groups excluding carboxylic acids is 1. The Balaban J connectivity index is 1.38. The highest BCUT2D eigenvalue weighted by atomic mass is 16.5. The molecule has 3 aliphatic heterocycles. The number of hydrogen-bond donors (Lipinski definition) is 3. The summed E-state index contributed by atoms with van der Waals surface area (Å²) in [4.78, 5) is 22.7. The lowest BCUT2D eigenvalue weighted by Gasteiger charge is -2.35. The molecule has 4 aliphatic rings. The van der Waals surface area contributed by atoms with Gasteiger partial charge in [-0.25, -0.2) is 9.97 Å². The molecule has 1 saturated heterocycles. The minimum atomic E-state index is -0.596. The van der Waals surface area contributed by atoms with Crippen LogP contribution < -0.4 is 10.6 Å². The van der Waals surface area contributed by atoms with Crippen molar-refractivity contribution in [2.75, 3.05) is 32.7 Å². The number of aliphatic hydroxyl groups excluding tert-OH is 1. The first-order chi connectivity index (χ1) is 17.6. The van der Waals surface area contributed by atoms with Gasteiger partial charge in [-0.15, -0.1) is 0 Å². The van der Waals surface area contributed by atoms with E-state index >= 15 is 0 Å². The van der Waals surface area contributed by atoms with Crippen molar-refractivity contribution in [3.05, 3.63) is 42.4 Å². The Morgan fingerprint density at radius 3 is 2.89 bits per heavy atom. The van der Waals surface area contributed by atoms with Gasteiger partial charge in [-0.2, -0.15) is 9.61 Å². The number of methoxy groups -OCH3 is 1. The first kappa shape index (κ1) is 22.9. The lowest BCUT2D eigenvalue weighted by molar-refractivity contribution is -0.0383. The second-order valence-electron chi connectivity index (χ2n) is 9.32. The summed E-state index contributed by atoms with van der Waals surface area (Å²) in [5, 5.41) is 21.1. The third kappa shape index (κ3) is 3.71. The van der Waals surface area contributed by atoms with E-state index in [0.29, 0.717) is 42.4 Å². The van der Waals surface area contributed by atoms with E-state index in [-0.39, 0.29) is 24.1 Å². The van der Waals surface area contributed by atoms with E-state index in [0.717, 1.165) is 29.8 Å². The molecule has 4 atom stereocenters. The second kappa shape index (κ2) is 9.16. The summed E-state index contributed by atoms with van der Waals surface area (Å²) < 4.78 is 14.5. The highest BCUT2D eigenvalue weighted by molar-refractivity contribution is 6.00. The first-order valence-electron chi connectivity index (χ1n) is 12.2. The predicted molar refractivity (Wildman–Crippen MR) is 132 cm³/mol.